The van der Waals surface area contributed by atoms with Crippen molar-refractivity contribution in [1.82, 2.24) is 15.5 Å². The molecule has 1 aliphatic carbocycles. The fourth-order valence-corrected chi connectivity index (χ4v) is 4.39. The summed E-state index contributed by atoms with van der Waals surface area (Å²) in [6, 6.07) is 6.02. The quantitative estimate of drug-likeness (QED) is 0.287. The molecule has 0 aromatic heterocycles. The lowest BCUT2D eigenvalue weighted by molar-refractivity contribution is -0.121. The smallest absolute Gasteiger partial charge is 0.220 e. The molecule has 3 rings (SSSR count). The van der Waals surface area contributed by atoms with E-state index >= 15 is 0 Å². The fraction of sp³-hybridized carbons (Fsp3) is 0.667. The number of hydrogen-bond acceptors (Lipinski definition) is 4. The highest BCUT2D eigenvalue weighted by Gasteiger charge is 2.23. The number of guanidine groups is 1. The molecule has 0 spiro atoms. The van der Waals surface area contributed by atoms with Gasteiger partial charge in [-0.05, 0) is 63.5 Å². The molecule has 8 heteroatoms. The largest absolute Gasteiger partial charge is 0.497 e. The van der Waals surface area contributed by atoms with Crippen molar-refractivity contribution in [3.05, 3.63) is 23.8 Å². The monoisotopic (exact) mass is 558 g/mol. The molecule has 32 heavy (non-hydrogen) atoms. The summed E-state index contributed by atoms with van der Waals surface area (Å²) in [5, 5.41) is 6.17. The number of carbonyl (C=O) groups excluding carboxylic acids is 1. The van der Waals surface area contributed by atoms with Gasteiger partial charge in [-0.25, -0.2) is 4.99 Å². The minimum atomic E-state index is 0. The van der Waals surface area contributed by atoms with Gasteiger partial charge in [-0.1, -0.05) is 0 Å². The Labute approximate surface area is 209 Å². The number of amides is 1. The normalized spacial score (nSPS) is 17.6. The standard InChI is InChI=1S/C24H38N4O3.HI/c1-4-26-24(28-13-11-18(12-14-28)15-23(29)25-2)27-17-19-9-10-21(30-3)16-22(19)31-20-7-5-6-8-20;/h9-10,16,18,20H,4-8,11-15,17H2,1-3H3,(H,25,29)(H,26,27);1H. The Bertz CT molecular complexity index is 745. The number of piperidine rings is 1. The maximum atomic E-state index is 11.7. The second-order valence-electron chi connectivity index (χ2n) is 8.48. The van der Waals surface area contributed by atoms with Crippen molar-refractivity contribution in [3.8, 4) is 11.5 Å². The molecule has 7 nitrogen and oxygen atoms in total. The molecule has 0 unspecified atom stereocenters. The van der Waals surface area contributed by atoms with Gasteiger partial charge < -0.3 is 25.0 Å². The molecule has 2 fully saturated rings. The fourth-order valence-electron chi connectivity index (χ4n) is 4.39. The molecule has 1 aromatic rings. The van der Waals surface area contributed by atoms with Gasteiger partial charge in [0.2, 0.25) is 5.91 Å². The van der Waals surface area contributed by atoms with Gasteiger partial charge in [0.15, 0.2) is 5.96 Å². The number of aliphatic imine (C=N–C) groups is 1. The van der Waals surface area contributed by atoms with Gasteiger partial charge in [0, 0.05) is 44.7 Å². The van der Waals surface area contributed by atoms with Gasteiger partial charge in [0.25, 0.3) is 0 Å². The zero-order chi connectivity index (χ0) is 22.1. The van der Waals surface area contributed by atoms with Gasteiger partial charge in [0.1, 0.15) is 11.5 Å². The van der Waals surface area contributed by atoms with Gasteiger partial charge in [-0.15, -0.1) is 24.0 Å². The first-order valence-corrected chi connectivity index (χ1v) is 11.7. The number of benzene rings is 1. The van der Waals surface area contributed by atoms with Crippen LogP contribution in [0.15, 0.2) is 23.2 Å². The number of ether oxygens (including phenoxy) is 2. The molecule has 1 saturated carbocycles. The van der Waals surface area contributed by atoms with Crippen LogP contribution in [0.25, 0.3) is 0 Å². The lowest BCUT2D eigenvalue weighted by Gasteiger charge is -2.34. The van der Waals surface area contributed by atoms with E-state index in [1.54, 1.807) is 14.2 Å². The van der Waals surface area contributed by atoms with Crippen molar-refractivity contribution in [2.24, 2.45) is 10.9 Å². The zero-order valence-electron chi connectivity index (χ0n) is 19.7. The summed E-state index contributed by atoms with van der Waals surface area (Å²) >= 11 is 0. The van der Waals surface area contributed by atoms with Crippen molar-refractivity contribution in [3.63, 3.8) is 0 Å². The first-order chi connectivity index (χ1) is 15.1. The number of nitrogens with zero attached hydrogens (tertiary/aromatic N) is 2. The van der Waals surface area contributed by atoms with Crippen LogP contribution >= 0.6 is 24.0 Å². The lowest BCUT2D eigenvalue weighted by Crippen LogP contribution is -2.46. The van der Waals surface area contributed by atoms with E-state index in [2.05, 4.69) is 28.5 Å². The molecule has 1 heterocycles. The number of methoxy groups -OCH3 is 1. The molecule has 2 aliphatic rings. The van der Waals surface area contributed by atoms with E-state index in [0.29, 0.717) is 25.0 Å². The molecule has 0 radical (unpaired) electrons. The van der Waals surface area contributed by atoms with Crippen LogP contribution in [0, 0.1) is 5.92 Å². The average Bonchev–Trinajstić information content (AvgIpc) is 3.31. The number of likely N-dealkylation sites (tertiary alicyclic amines) is 1. The number of hydrogen-bond donors (Lipinski definition) is 2. The van der Waals surface area contributed by atoms with Crippen LogP contribution in [0.4, 0.5) is 0 Å². The van der Waals surface area contributed by atoms with E-state index in [1.807, 2.05) is 12.1 Å². The van der Waals surface area contributed by atoms with Crippen LogP contribution in [0.5, 0.6) is 11.5 Å². The zero-order valence-corrected chi connectivity index (χ0v) is 22.0. The third-order valence-electron chi connectivity index (χ3n) is 6.27. The molecule has 0 atom stereocenters. The Morgan fingerprint density at radius 3 is 2.53 bits per heavy atom. The van der Waals surface area contributed by atoms with Crippen molar-refractivity contribution in [2.75, 3.05) is 33.8 Å². The van der Waals surface area contributed by atoms with E-state index in [0.717, 1.165) is 68.3 Å². The Morgan fingerprint density at radius 1 is 1.19 bits per heavy atom. The predicted molar refractivity (Wildman–Crippen MR) is 139 cm³/mol. The number of rotatable bonds is 8. The van der Waals surface area contributed by atoms with Gasteiger partial charge in [-0.3, -0.25) is 4.79 Å². The third kappa shape index (κ3) is 7.71. The Kier molecular flexibility index (Phi) is 11.4. The van der Waals surface area contributed by atoms with Crippen LogP contribution < -0.4 is 20.1 Å². The molecule has 2 N–H and O–H groups in total. The molecule has 1 saturated heterocycles. The third-order valence-corrected chi connectivity index (χ3v) is 6.27. The topological polar surface area (TPSA) is 75.2 Å². The molecule has 0 bridgehead atoms. The van der Waals surface area contributed by atoms with Crippen molar-refractivity contribution < 1.29 is 14.3 Å². The van der Waals surface area contributed by atoms with Crippen LogP contribution in [0.2, 0.25) is 0 Å². The first kappa shape index (κ1) is 26.5. The maximum absolute atomic E-state index is 11.7. The van der Waals surface area contributed by atoms with E-state index in [1.165, 1.54) is 12.8 Å². The van der Waals surface area contributed by atoms with Gasteiger partial charge in [-0.2, -0.15) is 0 Å². The van der Waals surface area contributed by atoms with Crippen LogP contribution in [-0.4, -0.2) is 56.7 Å². The number of nitrogens with one attached hydrogen (secondary N) is 2. The minimum absolute atomic E-state index is 0. The molecular weight excluding hydrogens is 519 g/mol. The van der Waals surface area contributed by atoms with Crippen molar-refractivity contribution in [2.45, 2.75) is 64.5 Å². The second kappa shape index (κ2) is 13.7. The first-order valence-electron chi connectivity index (χ1n) is 11.7. The average molecular weight is 559 g/mol. The minimum Gasteiger partial charge on any atom is -0.497 e. The Balaban J connectivity index is 0.00000363. The summed E-state index contributed by atoms with van der Waals surface area (Å²) in [5.41, 5.74) is 1.08. The summed E-state index contributed by atoms with van der Waals surface area (Å²) < 4.78 is 11.7. The van der Waals surface area contributed by atoms with Gasteiger partial charge in [0.05, 0.1) is 19.8 Å². The predicted octanol–water partition coefficient (Wildman–Crippen LogP) is 3.95. The molecule has 1 amide bonds. The van der Waals surface area contributed by atoms with E-state index in [9.17, 15) is 4.79 Å². The molecular formula is C24H39IN4O3. The van der Waals surface area contributed by atoms with Crippen molar-refractivity contribution in [1.29, 1.82) is 0 Å². The SMILES string of the molecule is CCNC(=NCc1ccc(OC)cc1OC1CCCC1)N1CCC(CC(=O)NC)CC1.I. The summed E-state index contributed by atoms with van der Waals surface area (Å²) in [6.07, 6.45) is 7.65. The van der Waals surface area contributed by atoms with Crippen LogP contribution in [0.3, 0.4) is 0 Å². The summed E-state index contributed by atoms with van der Waals surface area (Å²) in [6.45, 7) is 5.32. The maximum Gasteiger partial charge on any atom is 0.220 e. The Morgan fingerprint density at radius 2 is 1.91 bits per heavy atom. The highest BCUT2D eigenvalue weighted by Crippen LogP contribution is 2.30. The molecule has 1 aliphatic heterocycles. The summed E-state index contributed by atoms with van der Waals surface area (Å²) in [4.78, 5) is 18.9. The highest BCUT2D eigenvalue weighted by atomic mass is 127. The van der Waals surface area contributed by atoms with Gasteiger partial charge >= 0.3 is 0 Å². The highest BCUT2D eigenvalue weighted by molar-refractivity contribution is 14.0. The summed E-state index contributed by atoms with van der Waals surface area (Å²) in [7, 11) is 3.39. The molecule has 180 valence electrons. The molecule has 1 aromatic carbocycles. The van der Waals surface area contributed by atoms with E-state index in [4.69, 9.17) is 14.5 Å². The van der Waals surface area contributed by atoms with Crippen molar-refractivity contribution >= 4 is 35.8 Å². The van der Waals surface area contributed by atoms with E-state index < -0.39 is 0 Å². The number of carbonyl (C=O) groups is 1. The number of halogens is 1. The lowest BCUT2D eigenvalue weighted by atomic mass is 9.93. The van der Waals surface area contributed by atoms with E-state index in [-0.39, 0.29) is 29.9 Å². The second-order valence-corrected chi connectivity index (χ2v) is 8.48. The van der Waals surface area contributed by atoms with Crippen LogP contribution in [-0.2, 0) is 11.3 Å². The Hall–Kier alpha value is -1.71. The summed E-state index contributed by atoms with van der Waals surface area (Å²) in [5.74, 6) is 3.21. The van der Waals surface area contributed by atoms with Crippen LogP contribution in [0.1, 0.15) is 57.4 Å².